The molecule has 0 aromatic carbocycles. The first-order chi connectivity index (χ1) is 12.6. The van der Waals surface area contributed by atoms with Crippen LogP contribution in [-0.4, -0.2) is 72.3 Å². The van der Waals surface area contributed by atoms with Gasteiger partial charge in [-0.3, -0.25) is 9.59 Å². The molecule has 1 atom stereocenters. The lowest BCUT2D eigenvalue weighted by atomic mass is 9.87. The normalized spacial score (nSPS) is 20.7. The molecule has 1 saturated heterocycles. The van der Waals surface area contributed by atoms with E-state index in [-0.39, 0.29) is 11.8 Å². The van der Waals surface area contributed by atoms with Gasteiger partial charge in [0.05, 0.1) is 4.88 Å². The Balaban J connectivity index is 1.64. The molecule has 0 bridgehead atoms. The van der Waals surface area contributed by atoms with Crippen LogP contribution in [0.25, 0.3) is 0 Å². The predicted molar refractivity (Wildman–Crippen MR) is 106 cm³/mol. The second-order valence-electron chi connectivity index (χ2n) is 7.24. The van der Waals surface area contributed by atoms with Crippen LogP contribution in [0.1, 0.15) is 47.3 Å². The average molecular weight is 378 g/mol. The molecule has 2 aliphatic rings. The summed E-state index contributed by atoms with van der Waals surface area (Å²) >= 11 is 1.63. The molecule has 2 amide bonds. The average Bonchev–Trinajstić information content (AvgIpc) is 3.11. The Hall–Kier alpha value is -1.40. The Morgan fingerprint density at radius 3 is 2.46 bits per heavy atom. The second kappa shape index (κ2) is 8.53. The molecule has 0 unspecified atom stereocenters. The van der Waals surface area contributed by atoms with E-state index in [1.807, 2.05) is 18.7 Å². The molecule has 1 aliphatic heterocycles. The number of thiophene rings is 1. The molecule has 5 nitrogen and oxygen atoms in total. The maximum atomic E-state index is 12.9. The number of amides is 2. The molecule has 26 heavy (non-hydrogen) atoms. The van der Waals surface area contributed by atoms with Gasteiger partial charge in [0.25, 0.3) is 5.91 Å². The summed E-state index contributed by atoms with van der Waals surface area (Å²) in [5.41, 5.74) is 1.22. The number of nitrogens with zero attached hydrogens (tertiary/aromatic N) is 3. The number of carbonyl (C=O) groups is 2. The molecule has 0 N–H and O–H groups in total. The van der Waals surface area contributed by atoms with Crippen molar-refractivity contribution in [3.05, 3.63) is 21.4 Å². The van der Waals surface area contributed by atoms with Crippen LogP contribution >= 0.6 is 11.3 Å². The van der Waals surface area contributed by atoms with Gasteiger partial charge < -0.3 is 14.7 Å². The highest BCUT2D eigenvalue weighted by Crippen LogP contribution is 2.34. The van der Waals surface area contributed by atoms with Crippen LogP contribution in [0, 0.1) is 5.92 Å². The first kappa shape index (κ1) is 19.4. The summed E-state index contributed by atoms with van der Waals surface area (Å²) in [5, 5.41) is 0. The fourth-order valence-electron chi connectivity index (χ4n) is 4.05. The summed E-state index contributed by atoms with van der Waals surface area (Å²) in [6.45, 7) is 12.4. The van der Waals surface area contributed by atoms with Crippen LogP contribution in [0.5, 0.6) is 0 Å². The maximum Gasteiger partial charge on any atom is 0.263 e. The monoisotopic (exact) mass is 377 g/mol. The van der Waals surface area contributed by atoms with Gasteiger partial charge in [-0.2, -0.15) is 0 Å². The van der Waals surface area contributed by atoms with Crippen LogP contribution < -0.4 is 0 Å². The van der Waals surface area contributed by atoms with Crippen LogP contribution in [0.2, 0.25) is 0 Å². The highest BCUT2D eigenvalue weighted by atomic mass is 32.1. The van der Waals surface area contributed by atoms with Gasteiger partial charge in [0.1, 0.15) is 0 Å². The summed E-state index contributed by atoms with van der Waals surface area (Å²) in [7, 11) is 0. The minimum absolute atomic E-state index is 0.0849. The first-order valence-corrected chi connectivity index (χ1v) is 10.8. The molecular formula is C20H31N3O2S. The van der Waals surface area contributed by atoms with Gasteiger partial charge in [0, 0.05) is 50.1 Å². The van der Waals surface area contributed by atoms with Crippen molar-refractivity contribution in [2.45, 2.75) is 40.0 Å². The van der Waals surface area contributed by atoms with E-state index >= 15 is 0 Å². The number of carbonyl (C=O) groups excluding carboxylic acids is 2. The van der Waals surface area contributed by atoms with Crippen molar-refractivity contribution in [2.24, 2.45) is 5.92 Å². The molecule has 1 aromatic heterocycles. The minimum Gasteiger partial charge on any atom is -0.340 e. The zero-order valence-corrected chi connectivity index (χ0v) is 17.1. The Bertz CT molecular complexity index is 645. The Kier molecular flexibility index (Phi) is 6.35. The van der Waals surface area contributed by atoms with Crippen molar-refractivity contribution in [3.8, 4) is 0 Å². The molecule has 144 valence electrons. The van der Waals surface area contributed by atoms with Gasteiger partial charge in [-0.1, -0.05) is 6.92 Å². The van der Waals surface area contributed by atoms with Gasteiger partial charge in [0.2, 0.25) is 5.91 Å². The van der Waals surface area contributed by atoms with Crippen molar-refractivity contribution in [1.82, 2.24) is 14.7 Å². The fraction of sp³-hybridized carbons (Fsp3) is 0.700. The summed E-state index contributed by atoms with van der Waals surface area (Å²) < 4.78 is 0. The number of hydrogen-bond donors (Lipinski definition) is 0. The molecule has 0 spiro atoms. The summed E-state index contributed by atoms with van der Waals surface area (Å²) in [6, 6.07) is 2.05. The van der Waals surface area contributed by atoms with E-state index in [1.165, 1.54) is 10.4 Å². The molecule has 1 fully saturated rings. The fourth-order valence-corrected chi connectivity index (χ4v) is 5.23. The molecule has 0 radical (unpaired) electrons. The summed E-state index contributed by atoms with van der Waals surface area (Å²) in [4.78, 5) is 34.0. The maximum absolute atomic E-state index is 12.9. The number of piperazine rings is 1. The molecule has 1 aliphatic carbocycles. The van der Waals surface area contributed by atoms with Crippen LogP contribution in [-0.2, 0) is 17.6 Å². The number of aryl methyl sites for hydroxylation is 1. The lowest BCUT2D eigenvalue weighted by Crippen LogP contribution is -2.50. The zero-order valence-electron chi connectivity index (χ0n) is 16.3. The third-order valence-corrected chi connectivity index (χ3v) is 7.05. The molecule has 3 rings (SSSR count). The van der Waals surface area contributed by atoms with E-state index in [0.717, 1.165) is 70.0 Å². The van der Waals surface area contributed by atoms with E-state index in [9.17, 15) is 9.59 Å². The second-order valence-corrected chi connectivity index (χ2v) is 8.37. The lowest BCUT2D eigenvalue weighted by Gasteiger charge is -2.36. The predicted octanol–water partition coefficient (Wildman–Crippen LogP) is 2.50. The van der Waals surface area contributed by atoms with Crippen molar-refractivity contribution >= 4 is 23.2 Å². The van der Waals surface area contributed by atoms with Crippen molar-refractivity contribution in [2.75, 3.05) is 45.8 Å². The van der Waals surface area contributed by atoms with E-state index < -0.39 is 0 Å². The third-order valence-electron chi connectivity index (χ3n) is 5.82. The lowest BCUT2D eigenvalue weighted by molar-refractivity contribution is -0.137. The molecule has 2 heterocycles. The SMILES string of the molecule is CCN1CCN(C(=O)[C@@H]2CCc3sc(C(=O)N(CC)CC)cc3C2)CC1. The third kappa shape index (κ3) is 3.96. The van der Waals surface area contributed by atoms with Gasteiger partial charge in [-0.15, -0.1) is 11.3 Å². The quantitative estimate of drug-likeness (QED) is 0.792. The summed E-state index contributed by atoms with van der Waals surface area (Å²) in [5.74, 6) is 0.531. The molecule has 6 heteroatoms. The van der Waals surface area contributed by atoms with Gasteiger partial charge in [0.15, 0.2) is 0 Å². The highest BCUT2D eigenvalue weighted by molar-refractivity contribution is 7.14. The smallest absolute Gasteiger partial charge is 0.263 e. The van der Waals surface area contributed by atoms with Gasteiger partial charge in [-0.25, -0.2) is 0 Å². The number of rotatable bonds is 5. The van der Waals surface area contributed by atoms with Crippen LogP contribution in [0.4, 0.5) is 0 Å². The standard InChI is InChI=1S/C20H31N3O2S/c1-4-21-9-11-23(12-10-21)19(24)15-7-8-17-16(13-15)14-18(26-17)20(25)22(5-2)6-3/h14-15H,4-13H2,1-3H3/t15-/m1/s1. The highest BCUT2D eigenvalue weighted by Gasteiger charge is 2.31. The first-order valence-electron chi connectivity index (χ1n) is 9.99. The topological polar surface area (TPSA) is 43.9 Å². The van der Waals surface area contributed by atoms with E-state index in [2.05, 4.69) is 22.8 Å². The minimum atomic E-state index is 0.0849. The Labute approximate surface area is 161 Å². The van der Waals surface area contributed by atoms with E-state index in [1.54, 1.807) is 11.3 Å². The van der Waals surface area contributed by atoms with Crippen molar-refractivity contribution < 1.29 is 9.59 Å². The molecule has 1 aromatic rings. The Morgan fingerprint density at radius 2 is 1.85 bits per heavy atom. The van der Waals surface area contributed by atoms with E-state index in [0.29, 0.717) is 5.91 Å². The summed E-state index contributed by atoms with van der Waals surface area (Å²) in [6.07, 6.45) is 2.64. The van der Waals surface area contributed by atoms with Gasteiger partial charge >= 0.3 is 0 Å². The van der Waals surface area contributed by atoms with Crippen LogP contribution in [0.3, 0.4) is 0 Å². The van der Waals surface area contributed by atoms with Crippen LogP contribution in [0.15, 0.2) is 6.07 Å². The zero-order chi connectivity index (χ0) is 18.7. The number of hydrogen-bond acceptors (Lipinski definition) is 4. The van der Waals surface area contributed by atoms with Gasteiger partial charge in [-0.05, 0) is 51.3 Å². The largest absolute Gasteiger partial charge is 0.340 e. The molecule has 0 saturated carbocycles. The Morgan fingerprint density at radius 1 is 1.15 bits per heavy atom. The molecular weight excluding hydrogens is 346 g/mol. The van der Waals surface area contributed by atoms with Crippen molar-refractivity contribution in [3.63, 3.8) is 0 Å². The number of fused-ring (bicyclic) bond motifs is 1. The van der Waals surface area contributed by atoms with E-state index in [4.69, 9.17) is 0 Å². The number of likely N-dealkylation sites (N-methyl/N-ethyl adjacent to an activating group) is 1. The van der Waals surface area contributed by atoms with Crippen molar-refractivity contribution in [1.29, 1.82) is 0 Å².